The first-order valence-corrected chi connectivity index (χ1v) is 10.9. The van der Waals surface area contributed by atoms with E-state index in [1.807, 2.05) is 17.5 Å². The van der Waals surface area contributed by atoms with Crippen LogP contribution in [0.2, 0.25) is 0 Å². The number of carbonyl (C=O) groups is 1. The van der Waals surface area contributed by atoms with Crippen LogP contribution in [0.1, 0.15) is 24.2 Å². The second kappa shape index (κ2) is 8.17. The van der Waals surface area contributed by atoms with E-state index in [1.54, 1.807) is 26.2 Å². The second-order valence-electron chi connectivity index (χ2n) is 6.37. The SMILES string of the molecule is CC(C)N(C)S(=O)(=O)c1ccc(C(=O)Nc2nc(-c3cccnc3)cs2)cc1. The molecule has 0 saturated heterocycles. The van der Waals surface area contributed by atoms with Crippen molar-refractivity contribution in [3.63, 3.8) is 0 Å². The average Bonchev–Trinajstić information content (AvgIpc) is 3.16. The monoisotopic (exact) mass is 416 g/mol. The fraction of sp³-hybridized carbons (Fsp3) is 0.211. The normalized spacial score (nSPS) is 11.8. The van der Waals surface area contributed by atoms with Crippen LogP contribution >= 0.6 is 11.3 Å². The topological polar surface area (TPSA) is 92.3 Å². The summed E-state index contributed by atoms with van der Waals surface area (Å²) in [5, 5.41) is 5.03. The van der Waals surface area contributed by atoms with Crippen LogP contribution in [0.4, 0.5) is 5.13 Å². The molecule has 2 aromatic heterocycles. The summed E-state index contributed by atoms with van der Waals surface area (Å²) in [7, 11) is -2.05. The molecule has 28 heavy (non-hydrogen) atoms. The molecule has 1 amide bonds. The summed E-state index contributed by atoms with van der Waals surface area (Å²) in [6.45, 7) is 3.60. The zero-order valence-corrected chi connectivity index (χ0v) is 17.3. The van der Waals surface area contributed by atoms with E-state index in [0.717, 1.165) is 11.3 Å². The highest BCUT2D eigenvalue weighted by Crippen LogP contribution is 2.24. The van der Waals surface area contributed by atoms with Crippen molar-refractivity contribution >= 4 is 32.4 Å². The van der Waals surface area contributed by atoms with Crippen LogP contribution < -0.4 is 5.32 Å². The number of hydrogen-bond donors (Lipinski definition) is 1. The Kier molecular flexibility index (Phi) is 5.87. The molecule has 0 spiro atoms. The van der Waals surface area contributed by atoms with Gasteiger partial charge in [0.15, 0.2) is 5.13 Å². The molecule has 9 heteroatoms. The lowest BCUT2D eigenvalue weighted by molar-refractivity contribution is 0.102. The molecule has 7 nitrogen and oxygen atoms in total. The van der Waals surface area contributed by atoms with E-state index >= 15 is 0 Å². The molecule has 0 radical (unpaired) electrons. The first-order valence-electron chi connectivity index (χ1n) is 8.54. The second-order valence-corrected chi connectivity index (χ2v) is 9.23. The Morgan fingerprint density at radius 3 is 2.50 bits per heavy atom. The number of amides is 1. The van der Waals surface area contributed by atoms with Crippen LogP contribution in [0, 0.1) is 0 Å². The summed E-state index contributed by atoms with van der Waals surface area (Å²) in [5.41, 5.74) is 1.94. The number of hydrogen-bond acceptors (Lipinski definition) is 6. The molecule has 0 fully saturated rings. The molecule has 0 saturated carbocycles. The Labute approximate surface area is 168 Å². The molecule has 2 heterocycles. The van der Waals surface area contributed by atoms with Gasteiger partial charge in [-0.3, -0.25) is 15.1 Å². The van der Waals surface area contributed by atoms with Gasteiger partial charge in [-0.2, -0.15) is 4.31 Å². The Balaban J connectivity index is 1.73. The van der Waals surface area contributed by atoms with Crippen LogP contribution in [0.25, 0.3) is 11.3 Å². The maximum atomic E-state index is 12.5. The predicted octanol–water partition coefficient (Wildman–Crippen LogP) is 3.49. The first kappa shape index (κ1) is 20.1. The Bertz CT molecular complexity index is 1060. The molecule has 3 aromatic rings. The summed E-state index contributed by atoms with van der Waals surface area (Å²) >= 11 is 1.31. The molecule has 0 aliphatic heterocycles. The maximum absolute atomic E-state index is 12.5. The van der Waals surface area contributed by atoms with E-state index in [9.17, 15) is 13.2 Å². The lowest BCUT2D eigenvalue weighted by Gasteiger charge is -2.20. The predicted molar refractivity (Wildman–Crippen MR) is 110 cm³/mol. The van der Waals surface area contributed by atoms with Gasteiger partial charge in [-0.1, -0.05) is 0 Å². The Morgan fingerprint density at radius 1 is 1.18 bits per heavy atom. The van der Waals surface area contributed by atoms with E-state index in [2.05, 4.69) is 15.3 Å². The van der Waals surface area contributed by atoms with Gasteiger partial charge in [-0.15, -0.1) is 11.3 Å². The van der Waals surface area contributed by atoms with Gasteiger partial charge in [-0.05, 0) is 50.2 Å². The molecule has 1 N–H and O–H groups in total. The first-order chi connectivity index (χ1) is 13.3. The lowest BCUT2D eigenvalue weighted by atomic mass is 10.2. The highest BCUT2D eigenvalue weighted by atomic mass is 32.2. The van der Waals surface area contributed by atoms with E-state index in [-0.39, 0.29) is 16.8 Å². The van der Waals surface area contributed by atoms with Gasteiger partial charge in [0, 0.05) is 42.0 Å². The Morgan fingerprint density at radius 2 is 1.89 bits per heavy atom. The smallest absolute Gasteiger partial charge is 0.257 e. The minimum absolute atomic E-state index is 0.147. The quantitative estimate of drug-likeness (QED) is 0.664. The molecule has 0 unspecified atom stereocenters. The average molecular weight is 417 g/mol. The molecular weight excluding hydrogens is 396 g/mol. The minimum Gasteiger partial charge on any atom is -0.298 e. The summed E-state index contributed by atoms with van der Waals surface area (Å²) in [4.78, 5) is 21.0. The summed E-state index contributed by atoms with van der Waals surface area (Å²) in [5.74, 6) is -0.353. The highest BCUT2D eigenvalue weighted by molar-refractivity contribution is 7.89. The molecule has 0 atom stereocenters. The van der Waals surface area contributed by atoms with Gasteiger partial charge in [0.05, 0.1) is 10.6 Å². The fourth-order valence-electron chi connectivity index (χ4n) is 2.37. The van der Waals surface area contributed by atoms with Crippen molar-refractivity contribution in [3.05, 3.63) is 59.7 Å². The van der Waals surface area contributed by atoms with Crippen LogP contribution in [0.3, 0.4) is 0 Å². The number of pyridine rings is 1. The Hall–Kier alpha value is -2.62. The molecule has 1 aromatic carbocycles. The minimum atomic E-state index is -3.58. The van der Waals surface area contributed by atoms with Gasteiger partial charge in [0.1, 0.15) is 0 Å². The number of anilines is 1. The number of sulfonamides is 1. The number of aromatic nitrogens is 2. The third-order valence-electron chi connectivity index (χ3n) is 4.20. The number of nitrogens with one attached hydrogen (secondary N) is 1. The largest absolute Gasteiger partial charge is 0.298 e. The molecular formula is C19H20N4O3S2. The van der Waals surface area contributed by atoms with E-state index < -0.39 is 10.0 Å². The van der Waals surface area contributed by atoms with Crippen molar-refractivity contribution in [1.29, 1.82) is 0 Å². The molecule has 3 rings (SSSR count). The highest BCUT2D eigenvalue weighted by Gasteiger charge is 2.23. The van der Waals surface area contributed by atoms with Gasteiger partial charge < -0.3 is 0 Å². The molecule has 0 aliphatic carbocycles. The molecule has 146 valence electrons. The van der Waals surface area contributed by atoms with E-state index in [1.165, 1.54) is 47.0 Å². The van der Waals surface area contributed by atoms with Crippen LogP contribution in [-0.4, -0.2) is 41.7 Å². The van der Waals surface area contributed by atoms with E-state index in [4.69, 9.17) is 0 Å². The molecule has 0 aliphatic rings. The number of benzene rings is 1. The number of thiazole rings is 1. The van der Waals surface area contributed by atoms with Crippen LogP contribution in [-0.2, 0) is 10.0 Å². The zero-order chi connectivity index (χ0) is 20.3. The summed E-state index contributed by atoms with van der Waals surface area (Å²) in [6.07, 6.45) is 3.38. The number of nitrogens with zero attached hydrogens (tertiary/aromatic N) is 3. The van der Waals surface area contributed by atoms with E-state index in [0.29, 0.717) is 10.7 Å². The third kappa shape index (κ3) is 4.27. The van der Waals surface area contributed by atoms with Crippen molar-refractivity contribution in [2.24, 2.45) is 0 Å². The summed E-state index contributed by atoms with van der Waals surface area (Å²) in [6, 6.07) is 9.41. The maximum Gasteiger partial charge on any atom is 0.257 e. The van der Waals surface area contributed by atoms with Crippen LogP contribution in [0.5, 0.6) is 0 Å². The zero-order valence-electron chi connectivity index (χ0n) is 15.7. The number of rotatable bonds is 6. The molecule has 0 bridgehead atoms. The van der Waals surface area contributed by atoms with Gasteiger partial charge in [0.2, 0.25) is 10.0 Å². The van der Waals surface area contributed by atoms with Gasteiger partial charge in [0.25, 0.3) is 5.91 Å². The van der Waals surface area contributed by atoms with Crippen LogP contribution in [0.15, 0.2) is 59.1 Å². The fourth-order valence-corrected chi connectivity index (χ4v) is 4.45. The van der Waals surface area contributed by atoms with Crippen molar-refractivity contribution in [2.45, 2.75) is 24.8 Å². The van der Waals surface area contributed by atoms with Crippen molar-refractivity contribution in [2.75, 3.05) is 12.4 Å². The van der Waals surface area contributed by atoms with Crippen molar-refractivity contribution < 1.29 is 13.2 Å². The van der Waals surface area contributed by atoms with Crippen molar-refractivity contribution in [3.8, 4) is 11.3 Å². The summed E-state index contributed by atoms with van der Waals surface area (Å²) < 4.78 is 26.3. The third-order valence-corrected chi connectivity index (χ3v) is 7.01. The standard InChI is InChI=1S/C19H20N4O3S2/c1-13(2)23(3)28(25,26)16-8-6-14(7-9-16)18(24)22-19-21-17(12-27-19)15-5-4-10-20-11-15/h4-13H,1-3H3,(H,21,22,24). The van der Waals surface area contributed by atoms with Gasteiger partial charge in [-0.25, -0.2) is 13.4 Å². The van der Waals surface area contributed by atoms with Crippen molar-refractivity contribution in [1.82, 2.24) is 14.3 Å². The number of carbonyl (C=O) groups excluding carboxylic acids is 1. The lowest BCUT2D eigenvalue weighted by Crippen LogP contribution is -2.33. The van der Waals surface area contributed by atoms with Gasteiger partial charge >= 0.3 is 0 Å².